The Labute approximate surface area is 185 Å². The fraction of sp³-hybridized carbons (Fsp3) is 0.261. The zero-order valence-electron chi connectivity index (χ0n) is 17.3. The number of thioether (sulfide) groups is 1. The van der Waals surface area contributed by atoms with Crippen LogP contribution in [0.15, 0.2) is 70.8 Å². The summed E-state index contributed by atoms with van der Waals surface area (Å²) in [6, 6.07) is 15.9. The van der Waals surface area contributed by atoms with Crippen LogP contribution in [0, 0.1) is 0 Å². The normalized spacial score (nSPS) is 17.9. The Morgan fingerprint density at radius 3 is 2.52 bits per heavy atom. The zero-order chi connectivity index (χ0) is 22.0. The molecule has 0 spiro atoms. The number of nitrogens with one attached hydrogen (secondary N) is 1. The first-order valence-corrected chi connectivity index (χ1v) is 11.2. The molecule has 0 aromatic heterocycles. The maximum absolute atomic E-state index is 13.0. The van der Waals surface area contributed by atoms with Crippen molar-refractivity contribution < 1.29 is 19.1 Å². The quantitative estimate of drug-likeness (QED) is 0.554. The van der Waals surface area contributed by atoms with Crippen LogP contribution in [-0.2, 0) is 14.3 Å². The number of anilines is 1. The van der Waals surface area contributed by atoms with Crippen molar-refractivity contribution in [3.8, 4) is 0 Å². The molecule has 0 saturated heterocycles. The molecule has 31 heavy (non-hydrogen) atoms. The summed E-state index contributed by atoms with van der Waals surface area (Å²) in [4.78, 5) is 42.5. The third-order valence-electron chi connectivity index (χ3n) is 5.43. The molecule has 7 nitrogen and oxygen atoms in total. The predicted octanol–water partition coefficient (Wildman–Crippen LogP) is 3.34. The summed E-state index contributed by atoms with van der Waals surface area (Å²) in [6.07, 6.45) is 1.98. The molecule has 0 aliphatic carbocycles. The Hall–Kier alpha value is -3.26. The highest BCUT2D eigenvalue weighted by Gasteiger charge is 2.43. The molecule has 2 aliphatic heterocycles. The van der Waals surface area contributed by atoms with Crippen molar-refractivity contribution in [1.29, 1.82) is 0 Å². The number of hydrogen-bond acceptors (Lipinski definition) is 5. The van der Waals surface area contributed by atoms with Gasteiger partial charge in [0.25, 0.3) is 0 Å². The number of rotatable bonds is 6. The average molecular weight is 438 g/mol. The van der Waals surface area contributed by atoms with Gasteiger partial charge in [-0.3, -0.25) is 9.69 Å². The Kier molecular flexibility index (Phi) is 5.99. The molecular weight excluding hydrogens is 414 g/mol. The lowest BCUT2D eigenvalue weighted by Crippen LogP contribution is -2.51. The lowest BCUT2D eigenvalue weighted by molar-refractivity contribution is -0.136. The van der Waals surface area contributed by atoms with E-state index in [1.807, 2.05) is 67.8 Å². The van der Waals surface area contributed by atoms with Crippen molar-refractivity contribution in [2.75, 3.05) is 30.9 Å². The molecule has 2 aromatic carbocycles. The minimum absolute atomic E-state index is 0.0221. The number of likely N-dealkylation sites (N-methyl/N-ethyl adjacent to an activating group) is 1. The molecule has 8 heteroatoms. The molecule has 2 aromatic rings. The summed E-state index contributed by atoms with van der Waals surface area (Å²) in [7, 11) is 0. The van der Waals surface area contributed by atoms with Crippen molar-refractivity contribution in [1.82, 2.24) is 10.2 Å². The van der Waals surface area contributed by atoms with Crippen LogP contribution in [0.5, 0.6) is 0 Å². The molecule has 0 radical (unpaired) electrons. The van der Waals surface area contributed by atoms with E-state index in [1.165, 1.54) is 4.90 Å². The highest BCUT2D eigenvalue weighted by Crippen LogP contribution is 2.35. The smallest absolute Gasteiger partial charge is 0.338 e. The predicted molar refractivity (Wildman–Crippen MR) is 119 cm³/mol. The van der Waals surface area contributed by atoms with E-state index in [-0.39, 0.29) is 19.1 Å². The maximum atomic E-state index is 13.0. The number of cyclic esters (lactones) is 1. The summed E-state index contributed by atoms with van der Waals surface area (Å²) < 4.78 is 5.25. The minimum atomic E-state index is -0.601. The number of amides is 3. The Balaban J connectivity index is 1.62. The molecule has 1 N–H and O–H groups in total. The van der Waals surface area contributed by atoms with Gasteiger partial charge >= 0.3 is 12.0 Å². The van der Waals surface area contributed by atoms with Gasteiger partial charge in [-0.2, -0.15) is 0 Å². The van der Waals surface area contributed by atoms with Gasteiger partial charge in [0.15, 0.2) is 0 Å². The molecule has 3 amide bonds. The zero-order valence-corrected chi connectivity index (χ0v) is 18.1. The van der Waals surface area contributed by atoms with Crippen LogP contribution in [-0.4, -0.2) is 48.8 Å². The standard InChI is InChI=1S/C23H23N3O4S/c1-3-25(16-7-5-4-6-8-16)19(27)13-26-18-14-30-22(28)20(18)21(24-23(26)29)15-9-11-17(31-2)12-10-15/h4-12,21H,3,13-14H2,1-2H3,(H,24,29)/t21-/m0/s1. The number of benzene rings is 2. The third kappa shape index (κ3) is 4.03. The molecule has 0 bridgehead atoms. The number of hydrogen-bond donors (Lipinski definition) is 1. The number of urea groups is 1. The fourth-order valence-electron chi connectivity index (χ4n) is 3.86. The number of esters is 1. The van der Waals surface area contributed by atoms with Crippen molar-refractivity contribution in [2.45, 2.75) is 17.9 Å². The van der Waals surface area contributed by atoms with Crippen LogP contribution < -0.4 is 10.2 Å². The van der Waals surface area contributed by atoms with Gasteiger partial charge in [0.1, 0.15) is 13.2 Å². The summed E-state index contributed by atoms with van der Waals surface area (Å²) >= 11 is 1.61. The van der Waals surface area contributed by atoms with Gasteiger partial charge in [-0.25, -0.2) is 9.59 Å². The largest absolute Gasteiger partial charge is 0.456 e. The Morgan fingerprint density at radius 2 is 1.87 bits per heavy atom. The first-order valence-electron chi connectivity index (χ1n) is 10.0. The van der Waals surface area contributed by atoms with E-state index in [0.717, 1.165) is 16.1 Å². The molecule has 2 aliphatic rings. The first kappa shape index (κ1) is 21.0. The number of carbonyl (C=O) groups is 3. The highest BCUT2D eigenvalue weighted by molar-refractivity contribution is 7.98. The molecule has 4 rings (SSSR count). The minimum Gasteiger partial charge on any atom is -0.456 e. The Bertz CT molecular complexity index is 1040. The van der Waals surface area contributed by atoms with Gasteiger partial charge in [0.2, 0.25) is 5.91 Å². The maximum Gasteiger partial charge on any atom is 0.338 e. The summed E-state index contributed by atoms with van der Waals surface area (Å²) in [5.74, 6) is -0.709. The van der Waals surface area contributed by atoms with E-state index in [2.05, 4.69) is 5.32 Å². The molecule has 0 fully saturated rings. The van der Waals surface area contributed by atoms with Gasteiger partial charge in [-0.15, -0.1) is 11.8 Å². The van der Waals surface area contributed by atoms with Gasteiger partial charge in [-0.1, -0.05) is 30.3 Å². The summed E-state index contributed by atoms with van der Waals surface area (Å²) in [5.41, 5.74) is 2.38. The van der Waals surface area contributed by atoms with Crippen LogP contribution >= 0.6 is 11.8 Å². The summed E-state index contributed by atoms with van der Waals surface area (Å²) in [5, 5.41) is 2.87. The Morgan fingerprint density at radius 1 is 1.16 bits per heavy atom. The molecule has 2 heterocycles. The SMILES string of the molecule is CCN(C(=O)CN1C(=O)N[C@@H](c2ccc(SC)cc2)C2=C1COC2=O)c1ccccc1. The van der Waals surface area contributed by atoms with E-state index >= 15 is 0 Å². The molecule has 0 saturated carbocycles. The van der Waals surface area contributed by atoms with Crippen molar-refractivity contribution in [3.05, 3.63) is 71.4 Å². The number of carbonyl (C=O) groups excluding carboxylic acids is 3. The number of para-hydroxylation sites is 1. The summed E-state index contributed by atoms with van der Waals surface area (Å²) in [6.45, 7) is 2.14. The van der Waals surface area contributed by atoms with E-state index in [1.54, 1.807) is 16.7 Å². The second kappa shape index (κ2) is 8.85. The number of ether oxygens (including phenoxy) is 1. The van der Waals surface area contributed by atoms with Crippen molar-refractivity contribution in [3.63, 3.8) is 0 Å². The van der Waals surface area contributed by atoms with Crippen LogP contribution in [0.1, 0.15) is 18.5 Å². The van der Waals surface area contributed by atoms with E-state index in [0.29, 0.717) is 17.8 Å². The van der Waals surface area contributed by atoms with Gasteiger partial charge in [0.05, 0.1) is 17.3 Å². The van der Waals surface area contributed by atoms with Gasteiger partial charge in [-0.05, 0) is 43.0 Å². The second-order valence-corrected chi connectivity index (χ2v) is 8.03. The molecule has 0 unspecified atom stereocenters. The van der Waals surface area contributed by atoms with E-state index in [9.17, 15) is 14.4 Å². The highest BCUT2D eigenvalue weighted by atomic mass is 32.2. The molecule has 1 atom stereocenters. The fourth-order valence-corrected chi connectivity index (χ4v) is 4.26. The van der Waals surface area contributed by atoms with Gasteiger partial charge < -0.3 is 15.0 Å². The van der Waals surface area contributed by atoms with E-state index in [4.69, 9.17) is 4.74 Å². The lowest BCUT2D eigenvalue weighted by Gasteiger charge is -2.33. The average Bonchev–Trinajstić information content (AvgIpc) is 3.18. The monoisotopic (exact) mass is 437 g/mol. The topological polar surface area (TPSA) is 79.0 Å². The van der Waals surface area contributed by atoms with Crippen LogP contribution in [0.4, 0.5) is 10.5 Å². The van der Waals surface area contributed by atoms with E-state index < -0.39 is 18.0 Å². The van der Waals surface area contributed by atoms with Crippen LogP contribution in [0.25, 0.3) is 0 Å². The van der Waals surface area contributed by atoms with Crippen LogP contribution in [0.3, 0.4) is 0 Å². The first-order chi connectivity index (χ1) is 15.0. The molecular formula is C23H23N3O4S. The lowest BCUT2D eigenvalue weighted by atomic mass is 9.96. The van der Waals surface area contributed by atoms with Crippen LogP contribution in [0.2, 0.25) is 0 Å². The van der Waals surface area contributed by atoms with Gasteiger partial charge in [0, 0.05) is 17.1 Å². The third-order valence-corrected chi connectivity index (χ3v) is 6.17. The molecule has 160 valence electrons. The number of nitrogens with zero attached hydrogens (tertiary/aromatic N) is 2. The second-order valence-electron chi connectivity index (χ2n) is 7.15. The van der Waals surface area contributed by atoms with Crippen molar-refractivity contribution in [2.24, 2.45) is 0 Å². The van der Waals surface area contributed by atoms with Crippen molar-refractivity contribution >= 4 is 35.4 Å².